The van der Waals surface area contributed by atoms with Crippen LogP contribution in [-0.4, -0.2) is 24.9 Å². The maximum absolute atomic E-state index is 6.60. The molecule has 2 aliphatic rings. The van der Waals surface area contributed by atoms with Crippen molar-refractivity contribution < 1.29 is 18.9 Å². The van der Waals surface area contributed by atoms with Gasteiger partial charge in [-0.25, -0.2) is 5.01 Å². The Labute approximate surface area is 216 Å². The van der Waals surface area contributed by atoms with Crippen molar-refractivity contribution in [3.05, 3.63) is 119 Å². The van der Waals surface area contributed by atoms with Gasteiger partial charge >= 0.3 is 0 Å². The monoisotopic (exact) mass is 492 g/mol. The van der Waals surface area contributed by atoms with E-state index in [1.54, 1.807) is 14.2 Å². The Hall–Kier alpha value is -4.45. The quantitative estimate of drug-likeness (QED) is 0.294. The molecule has 6 rings (SSSR count). The number of benzene rings is 4. The second kappa shape index (κ2) is 9.90. The highest BCUT2D eigenvalue weighted by Crippen LogP contribution is 2.51. The number of hydrogen-bond acceptors (Lipinski definition) is 6. The molecule has 0 amide bonds. The molecule has 2 heterocycles. The lowest BCUT2D eigenvalue weighted by atomic mass is 9.95. The van der Waals surface area contributed by atoms with E-state index in [1.807, 2.05) is 78.9 Å². The maximum Gasteiger partial charge on any atom is 0.214 e. The van der Waals surface area contributed by atoms with E-state index < -0.39 is 6.23 Å². The number of hydrazone groups is 1. The van der Waals surface area contributed by atoms with Crippen LogP contribution in [-0.2, 0) is 6.61 Å². The molecule has 4 aromatic rings. The van der Waals surface area contributed by atoms with Crippen molar-refractivity contribution >= 4 is 5.71 Å². The molecule has 0 aromatic heterocycles. The Kier molecular flexibility index (Phi) is 6.15. The number of nitrogens with zero attached hydrogens (tertiary/aromatic N) is 2. The summed E-state index contributed by atoms with van der Waals surface area (Å²) in [4.78, 5) is 0. The molecule has 0 unspecified atom stereocenters. The minimum Gasteiger partial charge on any atom is -0.493 e. The lowest BCUT2D eigenvalue weighted by Gasteiger charge is -2.38. The minimum atomic E-state index is -0.452. The van der Waals surface area contributed by atoms with Crippen molar-refractivity contribution in [2.24, 2.45) is 5.10 Å². The van der Waals surface area contributed by atoms with E-state index in [0.29, 0.717) is 23.9 Å². The summed E-state index contributed by atoms with van der Waals surface area (Å²) in [7, 11) is 3.32. The number of para-hydroxylation sites is 1. The molecule has 0 spiro atoms. The van der Waals surface area contributed by atoms with Gasteiger partial charge in [0.25, 0.3) is 0 Å². The lowest BCUT2D eigenvalue weighted by Crippen LogP contribution is -2.33. The summed E-state index contributed by atoms with van der Waals surface area (Å²) < 4.78 is 24.1. The first kappa shape index (κ1) is 23.0. The zero-order valence-electron chi connectivity index (χ0n) is 20.8. The second-order valence-electron chi connectivity index (χ2n) is 9.05. The van der Waals surface area contributed by atoms with Crippen LogP contribution < -0.4 is 18.9 Å². The van der Waals surface area contributed by atoms with Crippen molar-refractivity contribution in [2.75, 3.05) is 14.2 Å². The van der Waals surface area contributed by atoms with Crippen LogP contribution in [0, 0.1) is 0 Å². The van der Waals surface area contributed by atoms with Crippen LogP contribution in [0.1, 0.15) is 40.9 Å². The normalized spacial score (nSPS) is 17.8. The van der Waals surface area contributed by atoms with E-state index in [1.165, 1.54) is 0 Å². The molecule has 37 heavy (non-hydrogen) atoms. The van der Waals surface area contributed by atoms with E-state index in [4.69, 9.17) is 24.0 Å². The van der Waals surface area contributed by atoms with Gasteiger partial charge in [-0.2, -0.15) is 5.10 Å². The summed E-state index contributed by atoms with van der Waals surface area (Å²) in [6, 6.07) is 32.3. The van der Waals surface area contributed by atoms with Crippen molar-refractivity contribution in [1.29, 1.82) is 0 Å². The third-order valence-corrected chi connectivity index (χ3v) is 6.82. The molecule has 6 nitrogen and oxygen atoms in total. The van der Waals surface area contributed by atoms with Gasteiger partial charge < -0.3 is 18.9 Å². The summed E-state index contributed by atoms with van der Waals surface area (Å²) in [5.41, 5.74) is 5.23. The smallest absolute Gasteiger partial charge is 0.214 e. The summed E-state index contributed by atoms with van der Waals surface area (Å²) in [6.07, 6.45) is 0.325. The average molecular weight is 493 g/mol. The fourth-order valence-electron chi connectivity index (χ4n) is 4.96. The largest absolute Gasteiger partial charge is 0.493 e. The fraction of sp³-hybridized carbons (Fsp3) is 0.194. The van der Waals surface area contributed by atoms with Gasteiger partial charge in [0.05, 0.1) is 26.0 Å². The van der Waals surface area contributed by atoms with Crippen LogP contribution in [0.2, 0.25) is 0 Å². The highest BCUT2D eigenvalue weighted by Gasteiger charge is 2.42. The van der Waals surface area contributed by atoms with Crippen molar-refractivity contribution in [3.63, 3.8) is 0 Å². The van der Waals surface area contributed by atoms with E-state index in [-0.39, 0.29) is 6.04 Å². The summed E-state index contributed by atoms with van der Waals surface area (Å²) in [5, 5.41) is 7.12. The first-order valence-corrected chi connectivity index (χ1v) is 12.3. The van der Waals surface area contributed by atoms with Crippen LogP contribution in [0.4, 0.5) is 0 Å². The Morgan fingerprint density at radius 1 is 0.811 bits per heavy atom. The van der Waals surface area contributed by atoms with E-state index in [2.05, 4.69) is 23.2 Å². The summed E-state index contributed by atoms with van der Waals surface area (Å²) >= 11 is 0. The molecule has 0 saturated heterocycles. The first-order chi connectivity index (χ1) is 18.2. The SMILES string of the molecule is COc1cc([C@@H]2Oc3c(OC)cccc3[C@@H]3CC(c4ccccc4)=NN32)ccc1OCc1ccccc1. The number of methoxy groups -OCH3 is 2. The zero-order chi connectivity index (χ0) is 25.2. The molecule has 2 aliphatic heterocycles. The van der Waals surface area contributed by atoms with Crippen molar-refractivity contribution in [3.8, 4) is 23.0 Å². The molecule has 0 saturated carbocycles. The Morgan fingerprint density at radius 3 is 2.32 bits per heavy atom. The molecule has 6 heteroatoms. The predicted octanol–water partition coefficient (Wildman–Crippen LogP) is 6.53. The highest BCUT2D eigenvalue weighted by molar-refractivity contribution is 6.01. The van der Waals surface area contributed by atoms with Crippen molar-refractivity contribution in [1.82, 2.24) is 5.01 Å². The van der Waals surface area contributed by atoms with E-state index in [0.717, 1.165) is 40.1 Å². The molecule has 0 bridgehead atoms. The maximum atomic E-state index is 6.60. The predicted molar refractivity (Wildman–Crippen MR) is 142 cm³/mol. The van der Waals surface area contributed by atoms with Gasteiger partial charge in [-0.3, -0.25) is 0 Å². The number of hydrogen-bond donors (Lipinski definition) is 0. The van der Waals surface area contributed by atoms with Crippen LogP contribution in [0.15, 0.2) is 102 Å². The van der Waals surface area contributed by atoms with Crippen LogP contribution in [0.25, 0.3) is 0 Å². The lowest BCUT2D eigenvalue weighted by molar-refractivity contribution is -0.0210. The topological polar surface area (TPSA) is 52.5 Å². The van der Waals surface area contributed by atoms with Gasteiger partial charge in [-0.1, -0.05) is 72.8 Å². The Balaban J connectivity index is 1.36. The van der Waals surface area contributed by atoms with Crippen LogP contribution >= 0.6 is 0 Å². The zero-order valence-corrected chi connectivity index (χ0v) is 20.8. The third kappa shape index (κ3) is 4.35. The molecular weight excluding hydrogens is 464 g/mol. The van der Waals surface area contributed by atoms with Gasteiger partial charge in [-0.05, 0) is 35.4 Å². The van der Waals surface area contributed by atoms with Gasteiger partial charge in [0.2, 0.25) is 6.23 Å². The summed E-state index contributed by atoms with van der Waals surface area (Å²) in [6.45, 7) is 0.458. The Bertz CT molecular complexity index is 1420. The molecule has 0 fully saturated rings. The minimum absolute atomic E-state index is 0.0269. The first-order valence-electron chi connectivity index (χ1n) is 12.3. The van der Waals surface area contributed by atoms with E-state index >= 15 is 0 Å². The third-order valence-electron chi connectivity index (χ3n) is 6.82. The van der Waals surface area contributed by atoms with Crippen LogP contribution in [0.5, 0.6) is 23.0 Å². The molecule has 0 N–H and O–H groups in total. The molecule has 186 valence electrons. The fourth-order valence-corrected chi connectivity index (χ4v) is 4.96. The molecule has 2 atom stereocenters. The van der Waals surface area contributed by atoms with Gasteiger partial charge in [0.1, 0.15) is 6.61 Å². The van der Waals surface area contributed by atoms with Gasteiger partial charge in [0.15, 0.2) is 23.0 Å². The number of ether oxygens (including phenoxy) is 4. The summed E-state index contributed by atoms with van der Waals surface area (Å²) in [5.74, 6) is 2.79. The highest BCUT2D eigenvalue weighted by atomic mass is 16.5. The second-order valence-corrected chi connectivity index (χ2v) is 9.05. The van der Waals surface area contributed by atoms with Gasteiger partial charge in [0, 0.05) is 17.5 Å². The number of fused-ring (bicyclic) bond motifs is 3. The van der Waals surface area contributed by atoms with Crippen molar-refractivity contribution in [2.45, 2.75) is 25.3 Å². The number of rotatable bonds is 7. The van der Waals surface area contributed by atoms with E-state index in [9.17, 15) is 0 Å². The Morgan fingerprint density at radius 2 is 1.57 bits per heavy atom. The van der Waals surface area contributed by atoms with Gasteiger partial charge in [-0.15, -0.1) is 0 Å². The average Bonchev–Trinajstić information content (AvgIpc) is 3.42. The van der Waals surface area contributed by atoms with Crippen LogP contribution in [0.3, 0.4) is 0 Å². The standard InChI is InChI=1S/C31H28N2O4/c1-34-28-15-9-14-24-26-19-25(22-12-7-4-8-13-22)32-33(26)31(37-30(24)28)23-16-17-27(29(18-23)35-2)36-20-21-10-5-3-6-11-21/h3-18,26,31H,19-20H2,1-2H3/t26-,31-/m0/s1. The molecule has 0 aliphatic carbocycles. The molecule has 4 aromatic carbocycles. The molecular formula is C31H28N2O4. The molecule has 0 radical (unpaired) electrons.